The lowest BCUT2D eigenvalue weighted by Gasteiger charge is -2.38. The summed E-state index contributed by atoms with van der Waals surface area (Å²) < 4.78 is 5.38. The number of ether oxygens (including phenoxy) is 1. The van der Waals surface area contributed by atoms with Crippen LogP contribution in [0, 0.1) is 17.0 Å². The monoisotopic (exact) mass is 356 g/mol. The van der Waals surface area contributed by atoms with E-state index in [1.54, 1.807) is 13.0 Å². The number of aliphatic hydroxyl groups is 1. The van der Waals surface area contributed by atoms with E-state index in [1.165, 1.54) is 6.07 Å². The number of rotatable bonds is 6. The van der Waals surface area contributed by atoms with Crippen LogP contribution in [0.25, 0.3) is 0 Å². The molecule has 1 N–H and O–H groups in total. The lowest BCUT2D eigenvalue weighted by Crippen LogP contribution is -2.46. The quantitative estimate of drug-likeness (QED) is 0.634. The number of nitro groups is 1. The van der Waals surface area contributed by atoms with Gasteiger partial charge in [0.15, 0.2) is 0 Å². The predicted molar refractivity (Wildman–Crippen MR) is 100 cm³/mol. The SMILES string of the molecule is Cc1cc(N(Cc2ccccc2)CC2(O)CCOCC2)ccc1[N+](=O)[O-]. The van der Waals surface area contributed by atoms with Gasteiger partial charge >= 0.3 is 0 Å². The second-order valence-electron chi connectivity index (χ2n) is 6.91. The largest absolute Gasteiger partial charge is 0.388 e. The summed E-state index contributed by atoms with van der Waals surface area (Å²) in [5.41, 5.74) is 1.90. The first-order valence-electron chi connectivity index (χ1n) is 8.81. The average Bonchev–Trinajstić information content (AvgIpc) is 2.62. The molecule has 26 heavy (non-hydrogen) atoms. The zero-order valence-electron chi connectivity index (χ0n) is 14.9. The van der Waals surface area contributed by atoms with Crippen LogP contribution in [-0.2, 0) is 11.3 Å². The van der Waals surface area contributed by atoms with Crippen molar-refractivity contribution >= 4 is 11.4 Å². The van der Waals surface area contributed by atoms with Crippen LogP contribution < -0.4 is 4.90 Å². The molecular formula is C20H24N2O4. The Labute approximate surface area is 153 Å². The summed E-state index contributed by atoms with van der Waals surface area (Å²) in [4.78, 5) is 12.8. The normalized spacial score (nSPS) is 16.2. The number of aryl methyl sites for hydroxylation is 1. The maximum Gasteiger partial charge on any atom is 0.272 e. The summed E-state index contributed by atoms with van der Waals surface area (Å²) in [6.45, 7) is 3.93. The summed E-state index contributed by atoms with van der Waals surface area (Å²) >= 11 is 0. The molecule has 0 aromatic heterocycles. The molecule has 2 aromatic rings. The Balaban J connectivity index is 1.89. The highest BCUT2D eigenvalue weighted by atomic mass is 16.6. The van der Waals surface area contributed by atoms with Crippen molar-refractivity contribution in [2.24, 2.45) is 0 Å². The van der Waals surface area contributed by atoms with Gasteiger partial charge in [-0.15, -0.1) is 0 Å². The Kier molecular flexibility index (Phi) is 5.54. The van der Waals surface area contributed by atoms with E-state index in [0.717, 1.165) is 11.3 Å². The molecule has 6 nitrogen and oxygen atoms in total. The predicted octanol–water partition coefficient (Wildman–Crippen LogP) is 3.45. The van der Waals surface area contributed by atoms with E-state index < -0.39 is 5.60 Å². The zero-order chi connectivity index (χ0) is 18.6. The van der Waals surface area contributed by atoms with Gasteiger partial charge in [0.1, 0.15) is 0 Å². The van der Waals surface area contributed by atoms with Crippen LogP contribution in [-0.4, -0.2) is 35.4 Å². The number of nitro benzene ring substituents is 1. The second-order valence-corrected chi connectivity index (χ2v) is 6.91. The molecule has 1 aliphatic heterocycles. The van der Waals surface area contributed by atoms with Crippen LogP contribution in [0.5, 0.6) is 0 Å². The topological polar surface area (TPSA) is 75.8 Å². The van der Waals surface area contributed by atoms with Crippen molar-refractivity contribution in [3.8, 4) is 0 Å². The van der Waals surface area contributed by atoms with Crippen molar-refractivity contribution in [3.05, 3.63) is 69.8 Å². The van der Waals surface area contributed by atoms with Gasteiger partial charge < -0.3 is 14.7 Å². The maximum absolute atomic E-state index is 11.1. The lowest BCUT2D eigenvalue weighted by atomic mass is 9.93. The van der Waals surface area contributed by atoms with Gasteiger partial charge in [-0.25, -0.2) is 0 Å². The van der Waals surface area contributed by atoms with Crippen molar-refractivity contribution in [2.75, 3.05) is 24.7 Å². The van der Waals surface area contributed by atoms with E-state index in [-0.39, 0.29) is 10.6 Å². The van der Waals surface area contributed by atoms with Gasteiger partial charge in [-0.05, 0) is 24.6 Å². The molecule has 138 valence electrons. The van der Waals surface area contributed by atoms with E-state index in [4.69, 9.17) is 4.74 Å². The fraction of sp³-hybridized carbons (Fsp3) is 0.400. The minimum Gasteiger partial charge on any atom is -0.388 e. The van der Waals surface area contributed by atoms with Crippen molar-refractivity contribution in [2.45, 2.75) is 31.9 Å². The van der Waals surface area contributed by atoms with Gasteiger partial charge in [0, 0.05) is 56.5 Å². The van der Waals surface area contributed by atoms with E-state index in [0.29, 0.717) is 44.7 Å². The Morgan fingerprint density at radius 1 is 1.19 bits per heavy atom. The number of hydrogen-bond donors (Lipinski definition) is 1. The molecule has 2 aromatic carbocycles. The molecule has 1 aliphatic rings. The standard InChI is InChI=1S/C20H24N2O4/c1-16-13-18(7-8-19(16)22(24)25)21(14-17-5-3-2-4-6-17)15-20(23)9-11-26-12-10-20/h2-8,13,23H,9-12,14-15H2,1H3. The third-order valence-corrected chi connectivity index (χ3v) is 4.87. The highest BCUT2D eigenvalue weighted by molar-refractivity contribution is 5.55. The van der Waals surface area contributed by atoms with Crippen molar-refractivity contribution in [1.29, 1.82) is 0 Å². The molecule has 6 heteroatoms. The van der Waals surface area contributed by atoms with Crippen LogP contribution >= 0.6 is 0 Å². The molecule has 3 rings (SSSR count). The molecule has 1 fully saturated rings. The van der Waals surface area contributed by atoms with Gasteiger partial charge in [-0.2, -0.15) is 0 Å². The van der Waals surface area contributed by atoms with Crippen molar-refractivity contribution in [3.63, 3.8) is 0 Å². The second kappa shape index (κ2) is 7.85. The summed E-state index contributed by atoms with van der Waals surface area (Å²) in [5.74, 6) is 0. The van der Waals surface area contributed by atoms with Gasteiger partial charge in [0.2, 0.25) is 0 Å². The van der Waals surface area contributed by atoms with Crippen molar-refractivity contribution in [1.82, 2.24) is 0 Å². The first-order chi connectivity index (χ1) is 12.5. The molecule has 0 amide bonds. The molecule has 0 bridgehead atoms. The van der Waals surface area contributed by atoms with Crippen LogP contribution in [0.2, 0.25) is 0 Å². The zero-order valence-corrected chi connectivity index (χ0v) is 14.9. The average molecular weight is 356 g/mol. The molecule has 0 radical (unpaired) electrons. The minimum absolute atomic E-state index is 0.109. The van der Waals surface area contributed by atoms with E-state index >= 15 is 0 Å². The first kappa shape index (κ1) is 18.4. The van der Waals surface area contributed by atoms with Crippen LogP contribution in [0.15, 0.2) is 48.5 Å². The van der Waals surface area contributed by atoms with Gasteiger partial charge in [-0.1, -0.05) is 30.3 Å². The summed E-state index contributed by atoms with van der Waals surface area (Å²) in [6, 6.07) is 15.1. The Bertz CT molecular complexity index is 758. The van der Waals surface area contributed by atoms with E-state index in [2.05, 4.69) is 4.90 Å². The smallest absolute Gasteiger partial charge is 0.272 e. The molecule has 0 saturated carbocycles. The fourth-order valence-corrected chi connectivity index (χ4v) is 3.35. The lowest BCUT2D eigenvalue weighted by molar-refractivity contribution is -0.385. The number of benzene rings is 2. The molecular weight excluding hydrogens is 332 g/mol. The van der Waals surface area contributed by atoms with Crippen molar-refractivity contribution < 1.29 is 14.8 Å². The highest BCUT2D eigenvalue weighted by Gasteiger charge is 2.32. The molecule has 0 spiro atoms. The molecule has 1 heterocycles. The van der Waals surface area contributed by atoms with Gasteiger partial charge in [0.25, 0.3) is 5.69 Å². The minimum atomic E-state index is -0.817. The van der Waals surface area contributed by atoms with Crippen LogP contribution in [0.4, 0.5) is 11.4 Å². The van der Waals surface area contributed by atoms with Crippen LogP contribution in [0.1, 0.15) is 24.0 Å². The summed E-state index contributed by atoms with van der Waals surface area (Å²) in [5, 5.41) is 22.1. The van der Waals surface area contributed by atoms with E-state index in [9.17, 15) is 15.2 Å². The van der Waals surface area contributed by atoms with Crippen LogP contribution in [0.3, 0.4) is 0 Å². The van der Waals surface area contributed by atoms with Gasteiger partial charge in [-0.3, -0.25) is 10.1 Å². The maximum atomic E-state index is 11.1. The fourth-order valence-electron chi connectivity index (χ4n) is 3.35. The Morgan fingerprint density at radius 2 is 1.88 bits per heavy atom. The van der Waals surface area contributed by atoms with Gasteiger partial charge in [0.05, 0.1) is 10.5 Å². The highest BCUT2D eigenvalue weighted by Crippen LogP contribution is 2.29. The first-order valence-corrected chi connectivity index (χ1v) is 8.81. The Hall–Kier alpha value is -2.44. The Morgan fingerprint density at radius 3 is 2.50 bits per heavy atom. The molecule has 1 saturated heterocycles. The number of hydrogen-bond acceptors (Lipinski definition) is 5. The molecule has 0 atom stereocenters. The molecule has 0 unspecified atom stereocenters. The summed E-state index contributed by atoms with van der Waals surface area (Å²) in [6.07, 6.45) is 1.18. The third-order valence-electron chi connectivity index (χ3n) is 4.87. The third kappa shape index (κ3) is 4.39. The van der Waals surface area contributed by atoms with E-state index in [1.807, 2.05) is 36.4 Å². The molecule has 0 aliphatic carbocycles. The number of nitrogens with zero attached hydrogens (tertiary/aromatic N) is 2. The summed E-state index contributed by atoms with van der Waals surface area (Å²) in [7, 11) is 0. The number of anilines is 1.